The number of aryl methyl sites for hydroxylation is 2. The van der Waals surface area contributed by atoms with Crippen LogP contribution in [-0.4, -0.2) is 20.4 Å². The van der Waals surface area contributed by atoms with E-state index in [2.05, 4.69) is 10.0 Å². The van der Waals surface area contributed by atoms with Gasteiger partial charge in [-0.3, -0.25) is 9.52 Å². The van der Waals surface area contributed by atoms with Gasteiger partial charge in [-0.05, 0) is 80.9 Å². The summed E-state index contributed by atoms with van der Waals surface area (Å²) in [5.74, 6) is 0.157. The molecule has 162 valence electrons. The fourth-order valence-corrected chi connectivity index (χ4v) is 4.12. The standard InChI is InChI=1S/C23H23ClN2O4S/c1-15-4-13-22(16(2)14-15)26-31(28,29)21-11-7-19(8-12-21)25-23(27)17(3)30-20-9-5-18(24)6-10-20/h4-14,17,26H,1-3H3,(H,25,27)/t17-/m0/s1. The Labute approximate surface area is 187 Å². The van der Waals surface area contributed by atoms with Gasteiger partial charge in [0.1, 0.15) is 5.75 Å². The number of hydrogen-bond donors (Lipinski definition) is 2. The maximum Gasteiger partial charge on any atom is 0.265 e. The quantitative estimate of drug-likeness (QED) is 0.512. The van der Waals surface area contributed by atoms with Crippen molar-refractivity contribution < 1.29 is 17.9 Å². The third-order valence-electron chi connectivity index (χ3n) is 4.55. The number of anilines is 2. The Morgan fingerprint density at radius 3 is 2.23 bits per heavy atom. The van der Waals surface area contributed by atoms with Crippen molar-refractivity contribution in [3.05, 3.63) is 82.9 Å². The molecule has 0 radical (unpaired) electrons. The fourth-order valence-electron chi connectivity index (χ4n) is 2.86. The van der Waals surface area contributed by atoms with Gasteiger partial charge in [-0.15, -0.1) is 0 Å². The van der Waals surface area contributed by atoms with Gasteiger partial charge < -0.3 is 10.1 Å². The molecule has 6 nitrogen and oxygen atoms in total. The predicted octanol–water partition coefficient (Wildman–Crippen LogP) is 5.16. The summed E-state index contributed by atoms with van der Waals surface area (Å²) in [6, 6.07) is 18.1. The van der Waals surface area contributed by atoms with Crippen molar-refractivity contribution in [2.24, 2.45) is 0 Å². The Hall–Kier alpha value is -3.03. The van der Waals surface area contributed by atoms with Crippen LogP contribution >= 0.6 is 11.6 Å². The Morgan fingerprint density at radius 2 is 1.61 bits per heavy atom. The minimum absolute atomic E-state index is 0.0935. The van der Waals surface area contributed by atoms with E-state index in [0.29, 0.717) is 22.1 Å². The molecular formula is C23H23ClN2O4S. The molecule has 0 unspecified atom stereocenters. The van der Waals surface area contributed by atoms with Crippen molar-refractivity contribution in [3.8, 4) is 5.75 Å². The highest BCUT2D eigenvalue weighted by molar-refractivity contribution is 7.92. The summed E-state index contributed by atoms with van der Waals surface area (Å²) in [6.45, 7) is 5.41. The fraction of sp³-hybridized carbons (Fsp3) is 0.174. The lowest BCUT2D eigenvalue weighted by atomic mass is 10.1. The second-order valence-electron chi connectivity index (χ2n) is 7.15. The average molecular weight is 459 g/mol. The van der Waals surface area contributed by atoms with Gasteiger partial charge in [0, 0.05) is 10.7 Å². The van der Waals surface area contributed by atoms with Crippen molar-refractivity contribution in [3.63, 3.8) is 0 Å². The van der Waals surface area contributed by atoms with E-state index in [4.69, 9.17) is 16.3 Å². The van der Waals surface area contributed by atoms with E-state index >= 15 is 0 Å². The predicted molar refractivity (Wildman–Crippen MR) is 123 cm³/mol. The first-order valence-corrected chi connectivity index (χ1v) is 11.4. The Balaban J connectivity index is 1.64. The third-order valence-corrected chi connectivity index (χ3v) is 6.19. The highest BCUT2D eigenvalue weighted by Crippen LogP contribution is 2.22. The normalized spacial score (nSPS) is 12.1. The maximum atomic E-state index is 12.7. The Kier molecular flexibility index (Phi) is 6.87. The second-order valence-corrected chi connectivity index (χ2v) is 9.27. The van der Waals surface area contributed by atoms with E-state index in [9.17, 15) is 13.2 Å². The number of nitrogens with one attached hydrogen (secondary N) is 2. The van der Waals surface area contributed by atoms with Crippen molar-refractivity contribution in [1.82, 2.24) is 0 Å². The molecule has 8 heteroatoms. The van der Waals surface area contributed by atoms with Gasteiger partial charge in [-0.2, -0.15) is 0 Å². The van der Waals surface area contributed by atoms with Crippen LogP contribution in [0.2, 0.25) is 5.02 Å². The van der Waals surface area contributed by atoms with Crippen LogP contribution in [-0.2, 0) is 14.8 Å². The van der Waals surface area contributed by atoms with Crippen molar-refractivity contribution in [2.45, 2.75) is 31.8 Å². The average Bonchev–Trinajstić information content (AvgIpc) is 2.72. The molecule has 0 bridgehead atoms. The molecule has 0 aliphatic rings. The topological polar surface area (TPSA) is 84.5 Å². The zero-order valence-electron chi connectivity index (χ0n) is 17.3. The molecular weight excluding hydrogens is 436 g/mol. The Bertz CT molecular complexity index is 1180. The maximum absolute atomic E-state index is 12.7. The van der Waals surface area contributed by atoms with Gasteiger partial charge in [0.15, 0.2) is 6.10 Å². The van der Waals surface area contributed by atoms with Crippen LogP contribution in [0.5, 0.6) is 5.75 Å². The third kappa shape index (κ3) is 5.99. The highest BCUT2D eigenvalue weighted by atomic mass is 35.5. The van der Waals surface area contributed by atoms with E-state index < -0.39 is 16.1 Å². The molecule has 0 heterocycles. The zero-order chi connectivity index (χ0) is 22.6. The van der Waals surface area contributed by atoms with E-state index in [1.807, 2.05) is 26.0 Å². The van der Waals surface area contributed by atoms with Crippen LogP contribution in [0, 0.1) is 13.8 Å². The first-order chi connectivity index (χ1) is 14.6. The summed E-state index contributed by atoms with van der Waals surface area (Å²) in [5, 5.41) is 3.29. The molecule has 0 aromatic heterocycles. The molecule has 1 amide bonds. The minimum Gasteiger partial charge on any atom is -0.481 e. The number of amides is 1. The molecule has 0 fully saturated rings. The van der Waals surface area contributed by atoms with Gasteiger partial charge in [0.2, 0.25) is 0 Å². The molecule has 3 aromatic carbocycles. The number of rotatable bonds is 7. The number of benzene rings is 3. The Morgan fingerprint density at radius 1 is 0.968 bits per heavy atom. The molecule has 0 aliphatic carbocycles. The largest absolute Gasteiger partial charge is 0.481 e. The first-order valence-electron chi connectivity index (χ1n) is 9.57. The molecule has 0 spiro atoms. The van der Waals surface area contributed by atoms with Crippen LogP contribution in [0.1, 0.15) is 18.1 Å². The number of hydrogen-bond acceptors (Lipinski definition) is 4. The van der Waals surface area contributed by atoms with Crippen LogP contribution in [0.3, 0.4) is 0 Å². The minimum atomic E-state index is -3.75. The molecule has 2 N–H and O–H groups in total. The summed E-state index contributed by atoms with van der Waals surface area (Å²) in [6.07, 6.45) is -0.754. The van der Waals surface area contributed by atoms with Crippen molar-refractivity contribution in [1.29, 1.82) is 0 Å². The van der Waals surface area contributed by atoms with Crippen LogP contribution in [0.25, 0.3) is 0 Å². The molecule has 3 aromatic rings. The molecule has 31 heavy (non-hydrogen) atoms. The van der Waals surface area contributed by atoms with Crippen LogP contribution in [0.4, 0.5) is 11.4 Å². The van der Waals surface area contributed by atoms with Gasteiger partial charge >= 0.3 is 0 Å². The molecule has 1 atom stereocenters. The number of halogens is 1. The van der Waals surface area contributed by atoms with Gasteiger partial charge in [0.05, 0.1) is 10.6 Å². The molecule has 3 rings (SSSR count). The van der Waals surface area contributed by atoms with Gasteiger partial charge in [-0.25, -0.2) is 8.42 Å². The monoisotopic (exact) mass is 458 g/mol. The van der Waals surface area contributed by atoms with Crippen LogP contribution in [0.15, 0.2) is 71.6 Å². The number of carbonyl (C=O) groups is 1. The lowest BCUT2D eigenvalue weighted by Crippen LogP contribution is -2.30. The van der Waals surface area contributed by atoms with Crippen molar-refractivity contribution in [2.75, 3.05) is 10.0 Å². The van der Waals surface area contributed by atoms with Gasteiger partial charge in [0.25, 0.3) is 15.9 Å². The lowest BCUT2D eigenvalue weighted by molar-refractivity contribution is -0.122. The lowest BCUT2D eigenvalue weighted by Gasteiger charge is -2.15. The number of ether oxygens (including phenoxy) is 1. The van der Waals surface area contributed by atoms with Crippen LogP contribution < -0.4 is 14.8 Å². The molecule has 0 saturated carbocycles. The number of sulfonamides is 1. The van der Waals surface area contributed by atoms with Gasteiger partial charge in [-0.1, -0.05) is 29.3 Å². The molecule has 0 aliphatic heterocycles. The second kappa shape index (κ2) is 9.41. The van der Waals surface area contributed by atoms with E-state index in [1.54, 1.807) is 37.3 Å². The molecule has 0 saturated heterocycles. The summed E-state index contributed by atoms with van der Waals surface area (Å²) in [5.41, 5.74) is 2.87. The summed E-state index contributed by atoms with van der Waals surface area (Å²) >= 11 is 5.84. The summed E-state index contributed by atoms with van der Waals surface area (Å²) < 4.78 is 33.5. The SMILES string of the molecule is Cc1ccc(NS(=O)(=O)c2ccc(NC(=O)[C@H](C)Oc3ccc(Cl)cc3)cc2)c(C)c1. The summed E-state index contributed by atoms with van der Waals surface area (Å²) in [4.78, 5) is 12.5. The van der Waals surface area contributed by atoms with E-state index in [0.717, 1.165) is 11.1 Å². The first kappa shape index (κ1) is 22.7. The van der Waals surface area contributed by atoms with E-state index in [-0.39, 0.29) is 10.8 Å². The van der Waals surface area contributed by atoms with Crippen molar-refractivity contribution >= 4 is 38.9 Å². The highest BCUT2D eigenvalue weighted by Gasteiger charge is 2.17. The number of carbonyl (C=O) groups excluding carboxylic acids is 1. The van der Waals surface area contributed by atoms with E-state index in [1.165, 1.54) is 24.3 Å². The smallest absolute Gasteiger partial charge is 0.265 e. The zero-order valence-corrected chi connectivity index (χ0v) is 18.9. The summed E-state index contributed by atoms with van der Waals surface area (Å²) in [7, 11) is -3.75.